The second-order valence-electron chi connectivity index (χ2n) is 5.84. The van der Waals surface area contributed by atoms with Gasteiger partial charge >= 0.3 is 0 Å². The third kappa shape index (κ3) is 3.51. The molecule has 5 heteroatoms. The van der Waals surface area contributed by atoms with Gasteiger partial charge in [-0.2, -0.15) is 0 Å². The van der Waals surface area contributed by atoms with E-state index in [0.717, 1.165) is 18.2 Å². The molecule has 0 unspecified atom stereocenters. The van der Waals surface area contributed by atoms with Gasteiger partial charge < -0.3 is 5.32 Å². The number of pyridine rings is 1. The van der Waals surface area contributed by atoms with E-state index in [2.05, 4.69) is 48.2 Å². The number of rotatable bonds is 5. The van der Waals surface area contributed by atoms with Crippen LogP contribution in [0.15, 0.2) is 36.8 Å². The van der Waals surface area contributed by atoms with E-state index in [1.54, 1.807) is 6.20 Å². The Bertz CT molecular complexity index is 786. The van der Waals surface area contributed by atoms with Gasteiger partial charge in [0.1, 0.15) is 11.6 Å². The molecule has 0 radical (unpaired) electrons. The van der Waals surface area contributed by atoms with Crippen molar-refractivity contribution in [3.05, 3.63) is 63.5 Å². The first kappa shape index (κ1) is 15.9. The first-order valence-electron chi connectivity index (χ1n) is 7.80. The molecule has 0 spiro atoms. The molecule has 0 amide bonds. The van der Waals surface area contributed by atoms with Crippen LogP contribution in [0.1, 0.15) is 39.7 Å². The SMILES string of the molecule is Cc1cc([C@@H](C)NCc2ccc(-n3ccnc3C)nc2)c(C)s1. The van der Waals surface area contributed by atoms with Crippen LogP contribution in [-0.2, 0) is 6.54 Å². The fraction of sp³-hybridized carbons (Fsp3) is 0.333. The lowest BCUT2D eigenvalue weighted by Crippen LogP contribution is -2.18. The average Bonchev–Trinajstić information content (AvgIpc) is 3.10. The number of thiophene rings is 1. The Hall–Kier alpha value is -1.98. The third-order valence-corrected chi connectivity index (χ3v) is 5.02. The number of nitrogens with zero attached hydrogens (tertiary/aromatic N) is 3. The monoisotopic (exact) mass is 326 g/mol. The van der Waals surface area contributed by atoms with Gasteiger partial charge in [0.05, 0.1) is 0 Å². The number of aromatic nitrogens is 3. The summed E-state index contributed by atoms with van der Waals surface area (Å²) in [6, 6.07) is 6.78. The van der Waals surface area contributed by atoms with E-state index >= 15 is 0 Å². The van der Waals surface area contributed by atoms with Gasteiger partial charge in [-0.05, 0) is 51.0 Å². The topological polar surface area (TPSA) is 42.7 Å². The van der Waals surface area contributed by atoms with Gasteiger partial charge in [-0.25, -0.2) is 9.97 Å². The van der Waals surface area contributed by atoms with Gasteiger partial charge in [-0.3, -0.25) is 4.57 Å². The molecule has 0 saturated heterocycles. The van der Waals surface area contributed by atoms with Crippen LogP contribution in [0.25, 0.3) is 5.82 Å². The fourth-order valence-corrected chi connectivity index (χ4v) is 3.77. The van der Waals surface area contributed by atoms with Crippen molar-refractivity contribution in [1.29, 1.82) is 0 Å². The molecule has 0 aliphatic rings. The molecule has 0 bridgehead atoms. The van der Waals surface area contributed by atoms with Crippen LogP contribution in [0, 0.1) is 20.8 Å². The molecule has 0 aromatic carbocycles. The highest BCUT2D eigenvalue weighted by molar-refractivity contribution is 7.12. The smallest absolute Gasteiger partial charge is 0.137 e. The molecule has 0 saturated carbocycles. The minimum Gasteiger partial charge on any atom is -0.306 e. The van der Waals surface area contributed by atoms with Crippen molar-refractivity contribution in [3.8, 4) is 5.82 Å². The Labute approximate surface area is 141 Å². The predicted molar refractivity (Wildman–Crippen MR) is 95.1 cm³/mol. The highest BCUT2D eigenvalue weighted by Gasteiger charge is 2.11. The molecular weight excluding hydrogens is 304 g/mol. The summed E-state index contributed by atoms with van der Waals surface area (Å²) < 4.78 is 1.98. The summed E-state index contributed by atoms with van der Waals surface area (Å²) in [4.78, 5) is 11.5. The zero-order valence-electron chi connectivity index (χ0n) is 14.0. The van der Waals surface area contributed by atoms with Crippen molar-refractivity contribution in [2.75, 3.05) is 0 Å². The second kappa shape index (κ2) is 6.64. The van der Waals surface area contributed by atoms with Crippen LogP contribution in [0.4, 0.5) is 0 Å². The average molecular weight is 326 g/mol. The summed E-state index contributed by atoms with van der Waals surface area (Å²) in [5.74, 6) is 1.85. The Balaban J connectivity index is 1.65. The van der Waals surface area contributed by atoms with E-state index in [-0.39, 0.29) is 0 Å². The summed E-state index contributed by atoms with van der Waals surface area (Å²) in [5, 5.41) is 3.58. The van der Waals surface area contributed by atoms with E-state index in [0.29, 0.717) is 6.04 Å². The number of hydrogen-bond donors (Lipinski definition) is 1. The molecule has 0 aliphatic carbocycles. The molecule has 23 heavy (non-hydrogen) atoms. The van der Waals surface area contributed by atoms with E-state index in [1.807, 2.05) is 41.3 Å². The summed E-state index contributed by atoms with van der Waals surface area (Å²) in [5.41, 5.74) is 2.58. The molecule has 3 aromatic rings. The molecule has 1 atom stereocenters. The quantitative estimate of drug-likeness (QED) is 0.767. The van der Waals surface area contributed by atoms with Crippen molar-refractivity contribution < 1.29 is 0 Å². The van der Waals surface area contributed by atoms with Crippen molar-refractivity contribution in [2.45, 2.75) is 40.3 Å². The third-order valence-electron chi connectivity index (χ3n) is 4.04. The lowest BCUT2D eigenvalue weighted by Gasteiger charge is -2.14. The molecule has 0 fully saturated rings. The lowest BCUT2D eigenvalue weighted by molar-refractivity contribution is 0.573. The Kier molecular flexibility index (Phi) is 4.59. The minimum atomic E-state index is 0.343. The number of aryl methyl sites for hydroxylation is 3. The van der Waals surface area contributed by atoms with Gasteiger partial charge in [0.15, 0.2) is 0 Å². The molecule has 1 N–H and O–H groups in total. The highest BCUT2D eigenvalue weighted by Crippen LogP contribution is 2.26. The Morgan fingerprint density at radius 2 is 2.04 bits per heavy atom. The minimum absolute atomic E-state index is 0.343. The normalized spacial score (nSPS) is 12.5. The maximum absolute atomic E-state index is 4.54. The maximum Gasteiger partial charge on any atom is 0.137 e. The van der Waals surface area contributed by atoms with Crippen LogP contribution >= 0.6 is 11.3 Å². The van der Waals surface area contributed by atoms with Crippen LogP contribution in [-0.4, -0.2) is 14.5 Å². The van der Waals surface area contributed by atoms with Crippen LogP contribution in [0.5, 0.6) is 0 Å². The molecular formula is C18H22N4S. The zero-order valence-corrected chi connectivity index (χ0v) is 14.8. The van der Waals surface area contributed by atoms with Crippen LogP contribution < -0.4 is 5.32 Å². The molecule has 0 aliphatic heterocycles. The van der Waals surface area contributed by atoms with Crippen LogP contribution in [0.2, 0.25) is 0 Å². The molecule has 3 rings (SSSR count). The molecule has 4 nitrogen and oxygen atoms in total. The van der Waals surface area contributed by atoms with E-state index in [9.17, 15) is 0 Å². The number of imidazole rings is 1. The maximum atomic E-state index is 4.54. The summed E-state index contributed by atoms with van der Waals surface area (Å²) in [7, 11) is 0. The molecule has 120 valence electrons. The van der Waals surface area contributed by atoms with Gasteiger partial charge in [0, 0.05) is 40.9 Å². The van der Waals surface area contributed by atoms with Gasteiger partial charge in [0.2, 0.25) is 0 Å². The van der Waals surface area contributed by atoms with Crippen molar-refractivity contribution in [3.63, 3.8) is 0 Å². The van der Waals surface area contributed by atoms with E-state index in [4.69, 9.17) is 0 Å². The molecule has 3 aromatic heterocycles. The second-order valence-corrected chi connectivity index (χ2v) is 7.30. The van der Waals surface area contributed by atoms with Crippen molar-refractivity contribution in [2.24, 2.45) is 0 Å². The summed E-state index contributed by atoms with van der Waals surface area (Å²) >= 11 is 1.86. The van der Waals surface area contributed by atoms with Gasteiger partial charge in [-0.15, -0.1) is 11.3 Å². The first-order chi connectivity index (χ1) is 11.0. The summed E-state index contributed by atoms with van der Waals surface area (Å²) in [6.45, 7) is 9.35. The van der Waals surface area contributed by atoms with Crippen molar-refractivity contribution in [1.82, 2.24) is 19.9 Å². The predicted octanol–water partition coefficient (Wildman–Crippen LogP) is 4.10. The summed E-state index contributed by atoms with van der Waals surface area (Å²) in [6.07, 6.45) is 5.65. The number of nitrogens with one attached hydrogen (secondary N) is 1. The van der Waals surface area contributed by atoms with E-state index < -0.39 is 0 Å². The lowest BCUT2D eigenvalue weighted by atomic mass is 10.1. The van der Waals surface area contributed by atoms with Crippen LogP contribution in [0.3, 0.4) is 0 Å². The largest absolute Gasteiger partial charge is 0.306 e. The van der Waals surface area contributed by atoms with Crippen molar-refractivity contribution >= 4 is 11.3 Å². The highest BCUT2D eigenvalue weighted by atomic mass is 32.1. The first-order valence-corrected chi connectivity index (χ1v) is 8.62. The number of hydrogen-bond acceptors (Lipinski definition) is 4. The Morgan fingerprint density at radius 1 is 1.22 bits per heavy atom. The molecule has 3 heterocycles. The zero-order chi connectivity index (χ0) is 16.4. The van der Waals surface area contributed by atoms with Gasteiger partial charge in [0.25, 0.3) is 0 Å². The van der Waals surface area contributed by atoms with Gasteiger partial charge in [-0.1, -0.05) is 6.07 Å². The van der Waals surface area contributed by atoms with E-state index in [1.165, 1.54) is 20.9 Å². The Morgan fingerprint density at radius 3 is 2.61 bits per heavy atom. The fourth-order valence-electron chi connectivity index (χ4n) is 2.75. The standard InChI is InChI=1S/C18H22N4S/c1-12-9-17(14(3)23-12)13(2)20-10-16-5-6-18(21-11-16)22-8-7-19-15(22)4/h5-9,11,13,20H,10H2,1-4H3/t13-/m1/s1.